The molecule has 0 unspecified atom stereocenters. The summed E-state index contributed by atoms with van der Waals surface area (Å²) in [6.07, 6.45) is -0.612. The molecule has 0 saturated heterocycles. The zero-order valence-corrected chi connectivity index (χ0v) is 10.6. The van der Waals surface area contributed by atoms with E-state index in [0.717, 1.165) is 11.1 Å². The van der Waals surface area contributed by atoms with Gasteiger partial charge in [-0.3, -0.25) is 9.69 Å². The van der Waals surface area contributed by atoms with Gasteiger partial charge in [0.05, 0.1) is 12.1 Å². The number of cyclic esters (lactones) is 1. The first kappa shape index (κ1) is 11.2. The number of nitrogens with zero attached hydrogens (tertiary/aromatic N) is 1. The molecule has 4 rings (SSSR count). The first-order valence-corrected chi connectivity index (χ1v) is 6.44. The van der Waals surface area contributed by atoms with Crippen LogP contribution >= 0.6 is 0 Å². The molecule has 20 heavy (non-hydrogen) atoms. The summed E-state index contributed by atoms with van der Waals surface area (Å²) in [4.78, 5) is 25.9. The van der Waals surface area contributed by atoms with Crippen molar-refractivity contribution in [1.82, 2.24) is 4.90 Å². The molecule has 98 valence electrons. The third-order valence-electron chi connectivity index (χ3n) is 3.80. The highest BCUT2D eigenvalue weighted by Crippen LogP contribution is 2.37. The van der Waals surface area contributed by atoms with Gasteiger partial charge in [-0.2, -0.15) is 0 Å². The highest BCUT2D eigenvalue weighted by Gasteiger charge is 2.40. The van der Waals surface area contributed by atoms with E-state index in [1.165, 1.54) is 0 Å². The van der Waals surface area contributed by atoms with Crippen LogP contribution < -0.4 is 0 Å². The molecule has 2 heterocycles. The standard InChI is InChI=1S/C16H11NO3/c18-14-11-6-2-1-5-10(11)9-17(14)15-12-7-3-4-8-13(12)16(19)20-15/h1-8,15H,9H2/t15-/m0/s1. The number of carbonyl (C=O) groups is 2. The monoisotopic (exact) mass is 265 g/mol. The minimum absolute atomic E-state index is 0.0879. The van der Waals surface area contributed by atoms with Gasteiger partial charge in [-0.1, -0.05) is 36.4 Å². The lowest BCUT2D eigenvalue weighted by molar-refractivity contribution is -0.0146. The average Bonchev–Trinajstić information content (AvgIpc) is 2.99. The molecule has 2 aliphatic rings. The molecule has 1 atom stereocenters. The molecular formula is C16H11NO3. The fourth-order valence-electron chi connectivity index (χ4n) is 2.82. The van der Waals surface area contributed by atoms with Gasteiger partial charge in [-0.15, -0.1) is 0 Å². The average molecular weight is 265 g/mol. The minimum Gasteiger partial charge on any atom is -0.433 e. The Balaban J connectivity index is 1.75. The molecule has 2 aliphatic heterocycles. The third kappa shape index (κ3) is 1.42. The molecular weight excluding hydrogens is 254 g/mol. The van der Waals surface area contributed by atoms with E-state index in [0.29, 0.717) is 17.7 Å². The Kier molecular flexibility index (Phi) is 2.21. The number of amides is 1. The van der Waals surface area contributed by atoms with Crippen LogP contribution in [0.15, 0.2) is 48.5 Å². The number of carbonyl (C=O) groups excluding carboxylic acids is 2. The van der Waals surface area contributed by atoms with Gasteiger partial charge in [-0.05, 0) is 17.7 Å². The maximum Gasteiger partial charge on any atom is 0.340 e. The molecule has 0 radical (unpaired) electrons. The molecule has 4 heteroatoms. The Morgan fingerprint density at radius 3 is 2.45 bits per heavy atom. The van der Waals surface area contributed by atoms with Crippen molar-refractivity contribution in [3.05, 3.63) is 70.8 Å². The van der Waals surface area contributed by atoms with Crippen molar-refractivity contribution in [2.45, 2.75) is 12.8 Å². The van der Waals surface area contributed by atoms with E-state index in [4.69, 9.17) is 4.74 Å². The summed E-state index contributed by atoms with van der Waals surface area (Å²) in [7, 11) is 0. The van der Waals surface area contributed by atoms with Crippen LogP contribution in [-0.2, 0) is 11.3 Å². The van der Waals surface area contributed by atoms with Crippen LogP contribution in [0.1, 0.15) is 38.1 Å². The van der Waals surface area contributed by atoms with Gasteiger partial charge in [0.15, 0.2) is 0 Å². The van der Waals surface area contributed by atoms with E-state index in [-0.39, 0.29) is 11.9 Å². The van der Waals surface area contributed by atoms with Gasteiger partial charge in [-0.25, -0.2) is 4.79 Å². The summed E-state index contributed by atoms with van der Waals surface area (Å²) in [5.74, 6) is -0.454. The van der Waals surface area contributed by atoms with Crippen LogP contribution in [0.2, 0.25) is 0 Å². The van der Waals surface area contributed by atoms with E-state index in [9.17, 15) is 9.59 Å². The SMILES string of the molecule is O=C1O[C@H](N2Cc3ccccc3C2=O)c2ccccc21. The van der Waals surface area contributed by atoms with Gasteiger partial charge in [0.1, 0.15) is 0 Å². The van der Waals surface area contributed by atoms with E-state index >= 15 is 0 Å². The first-order valence-electron chi connectivity index (χ1n) is 6.44. The Morgan fingerprint density at radius 1 is 0.950 bits per heavy atom. The molecule has 0 fully saturated rings. The molecule has 1 amide bonds. The van der Waals surface area contributed by atoms with Crippen LogP contribution in [0.3, 0.4) is 0 Å². The van der Waals surface area contributed by atoms with E-state index in [1.54, 1.807) is 23.1 Å². The van der Waals surface area contributed by atoms with Crippen molar-refractivity contribution in [2.75, 3.05) is 0 Å². The summed E-state index contributed by atoms with van der Waals surface area (Å²) < 4.78 is 5.38. The summed E-state index contributed by atoms with van der Waals surface area (Å²) in [5, 5.41) is 0. The predicted molar refractivity (Wildman–Crippen MR) is 70.9 cm³/mol. The minimum atomic E-state index is -0.612. The van der Waals surface area contributed by atoms with E-state index < -0.39 is 6.23 Å². The molecule has 0 saturated carbocycles. The normalized spacial score (nSPS) is 19.8. The molecule has 0 spiro atoms. The van der Waals surface area contributed by atoms with Crippen LogP contribution in [-0.4, -0.2) is 16.8 Å². The molecule has 2 aromatic carbocycles. The van der Waals surface area contributed by atoms with E-state index in [1.807, 2.05) is 30.3 Å². The third-order valence-corrected chi connectivity index (χ3v) is 3.80. The Morgan fingerprint density at radius 2 is 1.65 bits per heavy atom. The maximum absolute atomic E-state index is 12.4. The molecule has 0 aromatic heterocycles. The van der Waals surface area contributed by atoms with Crippen LogP contribution in [0.5, 0.6) is 0 Å². The zero-order chi connectivity index (χ0) is 13.7. The lowest BCUT2D eigenvalue weighted by Gasteiger charge is -2.23. The summed E-state index contributed by atoms with van der Waals surface area (Å²) >= 11 is 0. The number of fused-ring (bicyclic) bond motifs is 2. The number of hydrogen-bond acceptors (Lipinski definition) is 3. The molecule has 0 N–H and O–H groups in total. The van der Waals surface area contributed by atoms with Gasteiger partial charge < -0.3 is 4.74 Å². The number of benzene rings is 2. The first-order chi connectivity index (χ1) is 9.75. The molecule has 0 aliphatic carbocycles. The fourth-order valence-corrected chi connectivity index (χ4v) is 2.82. The Hall–Kier alpha value is -2.62. The van der Waals surface area contributed by atoms with Crippen LogP contribution in [0.4, 0.5) is 0 Å². The van der Waals surface area contributed by atoms with Crippen LogP contribution in [0, 0.1) is 0 Å². The summed E-state index contributed by atoms with van der Waals surface area (Å²) in [6, 6.07) is 14.7. The highest BCUT2D eigenvalue weighted by atomic mass is 16.6. The Bertz CT molecular complexity index is 738. The van der Waals surface area contributed by atoms with Gasteiger partial charge in [0.2, 0.25) is 6.23 Å². The van der Waals surface area contributed by atoms with Crippen molar-refractivity contribution in [1.29, 1.82) is 0 Å². The number of hydrogen-bond donors (Lipinski definition) is 0. The maximum atomic E-state index is 12.4. The molecule has 2 aromatic rings. The fraction of sp³-hybridized carbons (Fsp3) is 0.125. The number of esters is 1. The molecule has 4 nitrogen and oxygen atoms in total. The number of ether oxygens (including phenoxy) is 1. The van der Waals surface area contributed by atoms with Crippen molar-refractivity contribution in [3.8, 4) is 0 Å². The van der Waals surface area contributed by atoms with Gasteiger partial charge >= 0.3 is 5.97 Å². The second kappa shape index (κ2) is 3.93. The zero-order valence-electron chi connectivity index (χ0n) is 10.6. The predicted octanol–water partition coefficient (Wildman–Crippen LogP) is 2.51. The van der Waals surface area contributed by atoms with E-state index in [2.05, 4.69) is 0 Å². The van der Waals surface area contributed by atoms with Gasteiger partial charge in [0.25, 0.3) is 5.91 Å². The lowest BCUT2D eigenvalue weighted by atomic mass is 10.1. The number of rotatable bonds is 1. The second-order valence-electron chi connectivity index (χ2n) is 4.94. The quantitative estimate of drug-likeness (QED) is 0.744. The second-order valence-corrected chi connectivity index (χ2v) is 4.94. The largest absolute Gasteiger partial charge is 0.433 e. The van der Waals surface area contributed by atoms with Crippen molar-refractivity contribution in [3.63, 3.8) is 0 Å². The summed E-state index contributed by atoms with van der Waals surface area (Å²) in [5.41, 5.74) is 2.96. The highest BCUT2D eigenvalue weighted by molar-refractivity contribution is 6.00. The van der Waals surface area contributed by atoms with Crippen LogP contribution in [0.25, 0.3) is 0 Å². The van der Waals surface area contributed by atoms with Crippen molar-refractivity contribution in [2.24, 2.45) is 0 Å². The Labute approximate surface area is 115 Å². The summed E-state index contributed by atoms with van der Waals surface area (Å²) in [6.45, 7) is 0.473. The van der Waals surface area contributed by atoms with Crippen molar-refractivity contribution >= 4 is 11.9 Å². The topological polar surface area (TPSA) is 46.6 Å². The van der Waals surface area contributed by atoms with Crippen molar-refractivity contribution < 1.29 is 14.3 Å². The lowest BCUT2D eigenvalue weighted by Crippen LogP contribution is -2.29. The molecule has 0 bridgehead atoms. The van der Waals surface area contributed by atoms with Gasteiger partial charge in [0, 0.05) is 11.1 Å². The smallest absolute Gasteiger partial charge is 0.340 e.